The zero-order chi connectivity index (χ0) is 21.3. The fraction of sp³-hybridized carbons (Fsp3) is 0.333. The Kier molecular flexibility index (Phi) is 5.87. The molecule has 1 atom stereocenters. The molecule has 0 saturated carbocycles. The van der Waals surface area contributed by atoms with Crippen LogP contribution in [0.15, 0.2) is 36.0 Å². The number of hydrogen-bond donors (Lipinski definition) is 1. The number of carbonyl (C=O) groups excluding carboxylic acids is 1. The van der Waals surface area contributed by atoms with Crippen molar-refractivity contribution in [2.75, 3.05) is 6.54 Å². The van der Waals surface area contributed by atoms with Gasteiger partial charge in [-0.15, -0.1) is 11.3 Å². The fourth-order valence-electron chi connectivity index (χ4n) is 3.66. The Hall–Kier alpha value is -2.71. The van der Waals surface area contributed by atoms with Crippen LogP contribution in [-0.2, 0) is 7.05 Å². The molecule has 0 aliphatic carbocycles. The number of nitrogens with one attached hydrogen (secondary N) is 1. The molecule has 0 radical (unpaired) electrons. The van der Waals surface area contributed by atoms with Crippen LogP contribution in [0.4, 0.5) is 0 Å². The number of fused-ring (bicyclic) bond motifs is 1. The number of thiophene rings is 1. The average molecular weight is 443 g/mol. The Bertz CT molecular complexity index is 1180. The molecule has 0 spiro atoms. The van der Waals surface area contributed by atoms with Gasteiger partial charge in [0.1, 0.15) is 0 Å². The van der Waals surface area contributed by atoms with E-state index in [9.17, 15) is 4.79 Å². The second kappa shape index (κ2) is 8.57. The number of pyridine rings is 1. The van der Waals surface area contributed by atoms with Crippen LogP contribution in [-0.4, -0.2) is 37.0 Å². The van der Waals surface area contributed by atoms with E-state index in [4.69, 9.17) is 16.6 Å². The number of rotatable bonds is 7. The maximum Gasteiger partial charge on any atom is 0.252 e. The van der Waals surface area contributed by atoms with Gasteiger partial charge in [-0.05, 0) is 37.3 Å². The van der Waals surface area contributed by atoms with Crippen molar-refractivity contribution in [2.45, 2.75) is 32.7 Å². The molecule has 0 unspecified atom stereocenters. The van der Waals surface area contributed by atoms with Crippen molar-refractivity contribution in [1.29, 1.82) is 0 Å². The first-order valence-corrected chi connectivity index (χ1v) is 11.1. The average Bonchev–Trinajstić information content (AvgIpc) is 3.46. The van der Waals surface area contributed by atoms with Gasteiger partial charge in [0.05, 0.1) is 44.5 Å². The van der Waals surface area contributed by atoms with E-state index < -0.39 is 0 Å². The second-order valence-electron chi connectivity index (χ2n) is 7.19. The summed E-state index contributed by atoms with van der Waals surface area (Å²) >= 11 is 7.59. The Morgan fingerprint density at radius 3 is 2.90 bits per heavy atom. The van der Waals surface area contributed by atoms with Gasteiger partial charge < -0.3 is 5.32 Å². The third kappa shape index (κ3) is 3.97. The summed E-state index contributed by atoms with van der Waals surface area (Å²) in [7, 11) is 1.85. The van der Waals surface area contributed by atoms with Gasteiger partial charge in [0.2, 0.25) is 0 Å². The van der Waals surface area contributed by atoms with Crippen LogP contribution in [0.5, 0.6) is 0 Å². The van der Waals surface area contributed by atoms with Gasteiger partial charge in [0.25, 0.3) is 5.91 Å². The lowest BCUT2D eigenvalue weighted by Gasteiger charge is -2.16. The van der Waals surface area contributed by atoms with Gasteiger partial charge in [0.15, 0.2) is 5.65 Å². The fourth-order valence-corrected chi connectivity index (χ4v) is 4.49. The molecule has 9 heteroatoms. The molecule has 1 amide bonds. The molecule has 7 nitrogen and oxygen atoms in total. The molecule has 30 heavy (non-hydrogen) atoms. The highest BCUT2D eigenvalue weighted by Crippen LogP contribution is 2.29. The number of amides is 1. The lowest BCUT2D eigenvalue weighted by atomic mass is 10.1. The molecule has 0 saturated heterocycles. The lowest BCUT2D eigenvalue weighted by Crippen LogP contribution is -2.27. The van der Waals surface area contributed by atoms with Crippen molar-refractivity contribution in [3.05, 3.63) is 52.3 Å². The number of aryl methyl sites for hydroxylation is 2. The van der Waals surface area contributed by atoms with Gasteiger partial charge >= 0.3 is 0 Å². The summed E-state index contributed by atoms with van der Waals surface area (Å²) in [4.78, 5) is 18.9. The minimum atomic E-state index is -0.121. The molecule has 4 aromatic heterocycles. The van der Waals surface area contributed by atoms with Crippen molar-refractivity contribution in [2.24, 2.45) is 7.05 Å². The highest BCUT2D eigenvalue weighted by molar-refractivity contribution is 7.13. The summed E-state index contributed by atoms with van der Waals surface area (Å²) in [5.74, 6) is -0.121. The highest BCUT2D eigenvalue weighted by Gasteiger charge is 2.20. The molecule has 4 heterocycles. The molecule has 156 valence electrons. The summed E-state index contributed by atoms with van der Waals surface area (Å²) < 4.78 is 3.59. The Labute approximate surface area is 183 Å². The molecular formula is C21H23ClN6OS. The predicted octanol–water partition coefficient (Wildman–Crippen LogP) is 4.63. The number of nitrogens with zero attached hydrogens (tertiary/aromatic N) is 5. The van der Waals surface area contributed by atoms with Crippen molar-refractivity contribution in [1.82, 2.24) is 29.9 Å². The monoisotopic (exact) mass is 442 g/mol. The molecule has 4 rings (SSSR count). The van der Waals surface area contributed by atoms with Crippen molar-refractivity contribution in [3.8, 4) is 10.6 Å². The Balaban J connectivity index is 1.58. The van der Waals surface area contributed by atoms with E-state index in [1.165, 1.54) is 0 Å². The van der Waals surface area contributed by atoms with Gasteiger partial charge in [-0.2, -0.15) is 10.2 Å². The number of halogens is 1. The first-order valence-electron chi connectivity index (χ1n) is 9.84. The van der Waals surface area contributed by atoms with E-state index in [2.05, 4.69) is 22.4 Å². The molecule has 0 aromatic carbocycles. The zero-order valence-corrected chi connectivity index (χ0v) is 18.7. The summed E-state index contributed by atoms with van der Waals surface area (Å²) in [6.07, 6.45) is 5.11. The summed E-state index contributed by atoms with van der Waals surface area (Å²) in [6, 6.07) is 6.03. The van der Waals surface area contributed by atoms with Crippen LogP contribution in [0.1, 0.15) is 41.9 Å². The van der Waals surface area contributed by atoms with E-state index >= 15 is 0 Å². The standard InChI is InChI=1S/C21H23ClN6OS/c1-4-15(28-12-14(22)11-24-28)7-8-23-21(29)16-10-17(18-6-5-9-30-18)25-20-19(16)13(2)26-27(20)3/h5-6,9-12,15H,4,7-8H2,1-3H3,(H,23,29)/t15-/m1/s1. The normalized spacial score (nSPS) is 12.4. The number of aromatic nitrogens is 5. The van der Waals surface area contributed by atoms with Crippen LogP contribution in [0.2, 0.25) is 5.02 Å². The summed E-state index contributed by atoms with van der Waals surface area (Å²) in [5, 5.41) is 15.2. The quantitative estimate of drug-likeness (QED) is 0.452. The maximum absolute atomic E-state index is 13.1. The molecule has 1 N–H and O–H groups in total. The van der Waals surface area contributed by atoms with Crippen molar-refractivity contribution in [3.63, 3.8) is 0 Å². The topological polar surface area (TPSA) is 77.6 Å². The lowest BCUT2D eigenvalue weighted by molar-refractivity contribution is 0.0952. The van der Waals surface area contributed by atoms with Crippen molar-refractivity contribution >= 4 is 39.9 Å². The molecule has 4 aromatic rings. The van der Waals surface area contributed by atoms with Crippen molar-refractivity contribution < 1.29 is 4.79 Å². The maximum atomic E-state index is 13.1. The van der Waals surface area contributed by atoms with E-state index in [-0.39, 0.29) is 11.9 Å². The van der Waals surface area contributed by atoms with Gasteiger partial charge in [-0.3, -0.25) is 14.2 Å². The van der Waals surface area contributed by atoms with E-state index in [0.717, 1.165) is 34.5 Å². The predicted molar refractivity (Wildman–Crippen MR) is 120 cm³/mol. The van der Waals surface area contributed by atoms with Crippen LogP contribution in [0.3, 0.4) is 0 Å². The molecular weight excluding hydrogens is 420 g/mol. The smallest absolute Gasteiger partial charge is 0.252 e. The second-order valence-corrected chi connectivity index (χ2v) is 8.57. The largest absolute Gasteiger partial charge is 0.352 e. The Morgan fingerprint density at radius 2 is 2.23 bits per heavy atom. The van der Waals surface area contributed by atoms with Crippen LogP contribution >= 0.6 is 22.9 Å². The molecule has 0 fully saturated rings. The van der Waals surface area contributed by atoms with E-state index in [1.54, 1.807) is 22.2 Å². The zero-order valence-electron chi connectivity index (χ0n) is 17.1. The number of hydrogen-bond acceptors (Lipinski definition) is 5. The van der Waals surface area contributed by atoms with E-state index in [0.29, 0.717) is 22.8 Å². The van der Waals surface area contributed by atoms with Crippen LogP contribution in [0, 0.1) is 6.92 Å². The number of carbonyl (C=O) groups is 1. The third-order valence-electron chi connectivity index (χ3n) is 5.17. The molecule has 0 aliphatic rings. The SMILES string of the molecule is CC[C@H](CCNC(=O)c1cc(-c2cccs2)nc2c1c(C)nn2C)n1cc(Cl)cn1. The molecule has 0 aliphatic heterocycles. The first-order chi connectivity index (χ1) is 14.5. The van der Waals surface area contributed by atoms with E-state index in [1.807, 2.05) is 48.4 Å². The van der Waals surface area contributed by atoms with Gasteiger partial charge in [0, 0.05) is 19.8 Å². The molecule has 0 bridgehead atoms. The minimum Gasteiger partial charge on any atom is -0.352 e. The third-order valence-corrected chi connectivity index (χ3v) is 6.25. The minimum absolute atomic E-state index is 0.121. The van der Waals surface area contributed by atoms with Gasteiger partial charge in [-0.25, -0.2) is 4.98 Å². The van der Waals surface area contributed by atoms with Crippen LogP contribution in [0.25, 0.3) is 21.6 Å². The van der Waals surface area contributed by atoms with Crippen LogP contribution < -0.4 is 5.32 Å². The summed E-state index contributed by atoms with van der Waals surface area (Å²) in [6.45, 7) is 4.53. The highest BCUT2D eigenvalue weighted by atomic mass is 35.5. The first kappa shape index (κ1) is 20.6. The summed E-state index contributed by atoms with van der Waals surface area (Å²) in [5.41, 5.74) is 2.88. The Morgan fingerprint density at radius 1 is 1.40 bits per heavy atom. The van der Waals surface area contributed by atoms with Gasteiger partial charge in [-0.1, -0.05) is 24.6 Å².